The summed E-state index contributed by atoms with van der Waals surface area (Å²) in [7, 11) is 1.64. The Labute approximate surface area is 156 Å². The van der Waals surface area contributed by atoms with Crippen LogP contribution in [0.5, 0.6) is 0 Å². The van der Waals surface area contributed by atoms with Crippen LogP contribution in [0.15, 0.2) is 42.5 Å². The van der Waals surface area contributed by atoms with Gasteiger partial charge >= 0.3 is 0 Å². The standard InChI is InChI=1S/C21H21F2NO3/c1-26-21(11-27-12-21)16-4-2-3-13(5-16)20(25)24-19-8-15(9-19)14-6-17(22)10-18(23)7-14/h2-7,10,15,19H,8-9,11-12H2,1H3,(H,24,25). The minimum absolute atomic E-state index is 0.000839. The SMILES string of the molecule is COC1(c2cccc(C(=O)NC3CC(c4cc(F)cc(F)c4)C3)c2)COC1. The molecule has 6 heteroatoms. The number of carbonyl (C=O) groups excluding carboxylic acids is 1. The average Bonchev–Trinajstić information content (AvgIpc) is 2.56. The van der Waals surface area contributed by atoms with Gasteiger partial charge in [-0.1, -0.05) is 12.1 Å². The molecule has 4 nitrogen and oxygen atoms in total. The molecular weight excluding hydrogens is 352 g/mol. The maximum atomic E-state index is 13.3. The Morgan fingerprint density at radius 2 is 1.85 bits per heavy atom. The highest BCUT2D eigenvalue weighted by atomic mass is 19.1. The molecule has 0 radical (unpaired) electrons. The zero-order valence-electron chi connectivity index (χ0n) is 15.0. The van der Waals surface area contributed by atoms with Crippen LogP contribution in [0.4, 0.5) is 8.78 Å². The molecule has 1 N–H and O–H groups in total. The van der Waals surface area contributed by atoms with Crippen molar-refractivity contribution in [2.75, 3.05) is 20.3 Å². The van der Waals surface area contributed by atoms with Crippen molar-refractivity contribution < 1.29 is 23.0 Å². The van der Waals surface area contributed by atoms with E-state index in [1.807, 2.05) is 18.2 Å². The fourth-order valence-corrected chi connectivity index (χ4v) is 3.72. The van der Waals surface area contributed by atoms with E-state index in [-0.39, 0.29) is 17.9 Å². The molecule has 0 atom stereocenters. The molecule has 1 saturated carbocycles. The van der Waals surface area contributed by atoms with Gasteiger partial charge in [0.25, 0.3) is 5.91 Å². The van der Waals surface area contributed by atoms with Crippen molar-refractivity contribution in [3.63, 3.8) is 0 Å². The minimum atomic E-state index is -0.568. The van der Waals surface area contributed by atoms with Gasteiger partial charge in [-0.15, -0.1) is 0 Å². The van der Waals surface area contributed by atoms with Crippen LogP contribution in [0, 0.1) is 11.6 Å². The third kappa shape index (κ3) is 3.47. The molecule has 2 aliphatic rings. The van der Waals surface area contributed by atoms with E-state index in [0.29, 0.717) is 37.2 Å². The van der Waals surface area contributed by atoms with E-state index in [9.17, 15) is 13.6 Å². The number of carbonyl (C=O) groups is 1. The Kier molecular flexibility index (Phi) is 4.70. The lowest BCUT2D eigenvalue weighted by Crippen LogP contribution is -2.48. The van der Waals surface area contributed by atoms with E-state index < -0.39 is 17.2 Å². The zero-order chi connectivity index (χ0) is 19.0. The first kappa shape index (κ1) is 18.1. The number of hydrogen-bond acceptors (Lipinski definition) is 3. The first-order valence-electron chi connectivity index (χ1n) is 8.99. The van der Waals surface area contributed by atoms with E-state index in [4.69, 9.17) is 9.47 Å². The second kappa shape index (κ2) is 7.02. The summed E-state index contributed by atoms with van der Waals surface area (Å²) in [5.74, 6) is -1.23. The summed E-state index contributed by atoms with van der Waals surface area (Å²) in [6, 6.07) is 11.0. The smallest absolute Gasteiger partial charge is 0.251 e. The van der Waals surface area contributed by atoms with E-state index in [2.05, 4.69) is 5.32 Å². The molecule has 1 heterocycles. The number of amides is 1. The van der Waals surface area contributed by atoms with E-state index >= 15 is 0 Å². The summed E-state index contributed by atoms with van der Waals surface area (Å²) in [5, 5.41) is 3.00. The Balaban J connectivity index is 1.38. The van der Waals surface area contributed by atoms with Crippen LogP contribution >= 0.6 is 0 Å². The molecule has 0 spiro atoms. The predicted octanol–water partition coefficient (Wildman–Crippen LogP) is 3.51. The molecule has 2 aromatic carbocycles. The van der Waals surface area contributed by atoms with Crippen molar-refractivity contribution in [3.8, 4) is 0 Å². The molecule has 1 aliphatic carbocycles. The maximum Gasteiger partial charge on any atom is 0.251 e. The van der Waals surface area contributed by atoms with Crippen LogP contribution in [-0.2, 0) is 15.1 Å². The van der Waals surface area contributed by atoms with E-state index in [1.54, 1.807) is 13.2 Å². The van der Waals surface area contributed by atoms with Crippen molar-refractivity contribution in [2.45, 2.75) is 30.4 Å². The third-order valence-corrected chi connectivity index (χ3v) is 5.54. The van der Waals surface area contributed by atoms with E-state index in [0.717, 1.165) is 11.6 Å². The van der Waals surface area contributed by atoms with Crippen LogP contribution in [0.2, 0.25) is 0 Å². The molecule has 4 rings (SSSR count). The number of benzene rings is 2. The number of hydrogen-bond donors (Lipinski definition) is 1. The minimum Gasteiger partial charge on any atom is -0.375 e. The van der Waals surface area contributed by atoms with Gasteiger partial charge in [-0.3, -0.25) is 4.79 Å². The summed E-state index contributed by atoms with van der Waals surface area (Å²) in [6.45, 7) is 0.951. The molecule has 2 fully saturated rings. The van der Waals surface area contributed by atoms with Gasteiger partial charge in [-0.05, 0) is 54.2 Å². The van der Waals surface area contributed by atoms with Crippen molar-refractivity contribution in [3.05, 3.63) is 70.8 Å². The highest BCUT2D eigenvalue weighted by Gasteiger charge is 2.41. The summed E-state index contributed by atoms with van der Waals surface area (Å²) in [6.07, 6.45) is 1.34. The molecular formula is C21H21F2NO3. The van der Waals surface area contributed by atoms with Crippen LogP contribution in [0.3, 0.4) is 0 Å². The number of halogens is 2. The normalized spacial score (nSPS) is 23.2. The Hall–Kier alpha value is -2.31. The highest BCUT2D eigenvalue weighted by molar-refractivity contribution is 5.94. The third-order valence-electron chi connectivity index (χ3n) is 5.54. The number of nitrogens with one attached hydrogen (secondary N) is 1. The second-order valence-electron chi connectivity index (χ2n) is 7.31. The lowest BCUT2D eigenvalue weighted by atomic mass is 9.75. The van der Waals surface area contributed by atoms with Gasteiger partial charge in [0.1, 0.15) is 17.2 Å². The second-order valence-corrected chi connectivity index (χ2v) is 7.31. The fourth-order valence-electron chi connectivity index (χ4n) is 3.72. The zero-order valence-corrected chi connectivity index (χ0v) is 15.0. The quantitative estimate of drug-likeness (QED) is 0.873. The van der Waals surface area contributed by atoms with Gasteiger partial charge in [0, 0.05) is 24.8 Å². The molecule has 142 valence electrons. The Morgan fingerprint density at radius 1 is 1.15 bits per heavy atom. The molecule has 0 aromatic heterocycles. The van der Waals surface area contributed by atoms with Gasteiger partial charge in [0.15, 0.2) is 0 Å². The summed E-state index contributed by atoms with van der Waals surface area (Å²) in [4.78, 5) is 12.6. The van der Waals surface area contributed by atoms with Crippen molar-refractivity contribution in [1.29, 1.82) is 0 Å². The van der Waals surface area contributed by atoms with Crippen molar-refractivity contribution >= 4 is 5.91 Å². The summed E-state index contributed by atoms with van der Waals surface area (Å²) in [5.41, 5.74) is 1.66. The van der Waals surface area contributed by atoms with Gasteiger partial charge in [0.05, 0.1) is 13.2 Å². The lowest BCUT2D eigenvalue weighted by molar-refractivity contribution is -0.202. The average molecular weight is 373 g/mol. The largest absolute Gasteiger partial charge is 0.375 e. The van der Waals surface area contributed by atoms with Crippen LogP contribution < -0.4 is 5.32 Å². The fraction of sp³-hybridized carbons (Fsp3) is 0.381. The van der Waals surface area contributed by atoms with Gasteiger partial charge in [0.2, 0.25) is 0 Å². The van der Waals surface area contributed by atoms with Crippen LogP contribution in [0.25, 0.3) is 0 Å². The molecule has 0 bridgehead atoms. The maximum absolute atomic E-state index is 13.3. The number of ether oxygens (including phenoxy) is 2. The van der Waals surface area contributed by atoms with Gasteiger partial charge in [-0.2, -0.15) is 0 Å². The Morgan fingerprint density at radius 3 is 2.44 bits per heavy atom. The van der Waals surface area contributed by atoms with Crippen molar-refractivity contribution in [2.24, 2.45) is 0 Å². The van der Waals surface area contributed by atoms with Crippen LogP contribution in [-0.4, -0.2) is 32.3 Å². The van der Waals surface area contributed by atoms with Gasteiger partial charge < -0.3 is 14.8 Å². The first-order valence-corrected chi connectivity index (χ1v) is 8.99. The molecule has 0 unspecified atom stereocenters. The topological polar surface area (TPSA) is 47.6 Å². The summed E-state index contributed by atoms with van der Waals surface area (Å²) < 4.78 is 37.5. The number of methoxy groups -OCH3 is 1. The molecule has 1 aliphatic heterocycles. The van der Waals surface area contributed by atoms with Crippen LogP contribution in [0.1, 0.15) is 40.2 Å². The monoisotopic (exact) mass is 373 g/mol. The lowest BCUT2D eigenvalue weighted by Gasteiger charge is -2.40. The van der Waals surface area contributed by atoms with E-state index in [1.165, 1.54) is 12.1 Å². The highest BCUT2D eigenvalue weighted by Crippen LogP contribution is 2.38. The molecule has 1 saturated heterocycles. The Bertz CT molecular complexity index is 834. The van der Waals surface area contributed by atoms with Gasteiger partial charge in [-0.25, -0.2) is 8.78 Å². The summed E-state index contributed by atoms with van der Waals surface area (Å²) >= 11 is 0. The number of rotatable bonds is 5. The van der Waals surface area contributed by atoms with Crippen molar-refractivity contribution in [1.82, 2.24) is 5.32 Å². The first-order chi connectivity index (χ1) is 13.0. The molecule has 27 heavy (non-hydrogen) atoms. The predicted molar refractivity (Wildman–Crippen MR) is 95.5 cm³/mol. The molecule has 2 aromatic rings. The molecule has 1 amide bonds.